The topological polar surface area (TPSA) is 67.4 Å². The molecular weight excluding hydrogens is 208 g/mol. The highest BCUT2D eigenvalue weighted by Gasteiger charge is 2.32. The molecule has 1 atom stereocenters. The Balaban J connectivity index is 3.02. The maximum Gasteiger partial charge on any atom is 0.337 e. The molecule has 5 nitrogen and oxygen atoms in total. The number of allylic oxidation sites excluding steroid dienone is 1. The van der Waals surface area contributed by atoms with Gasteiger partial charge in [0.2, 0.25) is 0 Å². The molecule has 0 aromatic heterocycles. The van der Waals surface area contributed by atoms with E-state index in [1.165, 1.54) is 0 Å². The van der Waals surface area contributed by atoms with Crippen molar-refractivity contribution in [2.75, 3.05) is 6.61 Å². The zero-order valence-electron chi connectivity index (χ0n) is 10.1. The molecule has 0 fully saturated rings. The van der Waals surface area contributed by atoms with Gasteiger partial charge in [0.1, 0.15) is 0 Å². The second-order valence-electron chi connectivity index (χ2n) is 4.08. The van der Waals surface area contributed by atoms with Crippen molar-refractivity contribution in [2.24, 2.45) is 5.92 Å². The van der Waals surface area contributed by atoms with E-state index in [4.69, 9.17) is 4.74 Å². The molecule has 0 radical (unpaired) electrons. The lowest BCUT2D eigenvalue weighted by molar-refractivity contribution is -0.139. The second kappa shape index (κ2) is 5.01. The van der Waals surface area contributed by atoms with Crippen molar-refractivity contribution >= 4 is 12.0 Å². The van der Waals surface area contributed by atoms with Crippen molar-refractivity contribution in [2.45, 2.75) is 33.7 Å². The van der Waals surface area contributed by atoms with Crippen LogP contribution in [0.25, 0.3) is 0 Å². The zero-order chi connectivity index (χ0) is 12.3. The van der Waals surface area contributed by atoms with Gasteiger partial charge < -0.3 is 15.4 Å². The monoisotopic (exact) mass is 226 g/mol. The van der Waals surface area contributed by atoms with Gasteiger partial charge in [-0.25, -0.2) is 9.59 Å². The summed E-state index contributed by atoms with van der Waals surface area (Å²) in [6.45, 7) is 7.69. The van der Waals surface area contributed by atoms with Crippen molar-refractivity contribution in [3.05, 3.63) is 11.3 Å². The number of hydrogen-bond acceptors (Lipinski definition) is 3. The highest BCUT2D eigenvalue weighted by atomic mass is 16.5. The Labute approximate surface area is 95.2 Å². The fourth-order valence-electron chi connectivity index (χ4n) is 1.71. The first-order valence-corrected chi connectivity index (χ1v) is 5.42. The molecule has 0 spiro atoms. The number of ether oxygens (including phenoxy) is 1. The van der Waals surface area contributed by atoms with E-state index in [2.05, 4.69) is 10.6 Å². The van der Waals surface area contributed by atoms with Crippen LogP contribution in [-0.4, -0.2) is 24.6 Å². The van der Waals surface area contributed by atoms with Gasteiger partial charge in [-0.1, -0.05) is 13.8 Å². The maximum absolute atomic E-state index is 11.8. The number of carbonyl (C=O) groups excluding carboxylic acids is 2. The molecule has 1 aliphatic rings. The Hall–Kier alpha value is -1.52. The summed E-state index contributed by atoms with van der Waals surface area (Å²) in [7, 11) is 0. The molecule has 0 unspecified atom stereocenters. The minimum Gasteiger partial charge on any atom is -0.463 e. The fraction of sp³-hybridized carbons (Fsp3) is 0.636. The van der Waals surface area contributed by atoms with Crippen LogP contribution < -0.4 is 10.6 Å². The first kappa shape index (κ1) is 12.5. The predicted molar refractivity (Wildman–Crippen MR) is 59.6 cm³/mol. The highest BCUT2D eigenvalue weighted by Crippen LogP contribution is 2.19. The number of carbonyl (C=O) groups is 2. The van der Waals surface area contributed by atoms with Crippen LogP contribution in [0.15, 0.2) is 11.3 Å². The molecule has 2 amide bonds. The lowest BCUT2D eigenvalue weighted by Gasteiger charge is -2.30. The molecule has 1 aliphatic heterocycles. The van der Waals surface area contributed by atoms with Gasteiger partial charge in [-0.3, -0.25) is 0 Å². The van der Waals surface area contributed by atoms with E-state index >= 15 is 0 Å². The largest absolute Gasteiger partial charge is 0.463 e. The zero-order valence-corrected chi connectivity index (χ0v) is 10.1. The van der Waals surface area contributed by atoms with E-state index in [9.17, 15) is 9.59 Å². The summed E-state index contributed by atoms with van der Waals surface area (Å²) < 4.78 is 4.98. The van der Waals surface area contributed by atoms with Gasteiger partial charge in [-0.2, -0.15) is 0 Å². The molecule has 1 rings (SSSR count). The molecule has 2 N–H and O–H groups in total. The van der Waals surface area contributed by atoms with Crippen molar-refractivity contribution < 1.29 is 14.3 Å². The number of rotatable bonds is 3. The Morgan fingerprint density at radius 3 is 2.62 bits per heavy atom. The fourth-order valence-corrected chi connectivity index (χ4v) is 1.71. The van der Waals surface area contributed by atoms with Crippen LogP contribution in [0.2, 0.25) is 0 Å². The van der Waals surface area contributed by atoms with Crippen molar-refractivity contribution in [3.63, 3.8) is 0 Å². The van der Waals surface area contributed by atoms with Gasteiger partial charge in [-0.15, -0.1) is 0 Å². The summed E-state index contributed by atoms with van der Waals surface area (Å²) in [5.74, 6) is -0.230. The van der Waals surface area contributed by atoms with Crippen molar-refractivity contribution in [1.82, 2.24) is 10.6 Å². The number of hydrogen-bond donors (Lipinski definition) is 2. The third-order valence-electron chi connectivity index (χ3n) is 2.46. The van der Waals surface area contributed by atoms with E-state index in [0.29, 0.717) is 17.9 Å². The van der Waals surface area contributed by atoms with Crippen LogP contribution in [0.5, 0.6) is 0 Å². The summed E-state index contributed by atoms with van der Waals surface area (Å²) >= 11 is 0. The Morgan fingerprint density at radius 2 is 2.12 bits per heavy atom. The van der Waals surface area contributed by atoms with E-state index in [-0.39, 0.29) is 24.0 Å². The Morgan fingerprint density at radius 1 is 1.50 bits per heavy atom. The first-order chi connectivity index (χ1) is 7.47. The first-order valence-electron chi connectivity index (χ1n) is 5.42. The van der Waals surface area contributed by atoms with Crippen molar-refractivity contribution in [1.29, 1.82) is 0 Å². The van der Waals surface area contributed by atoms with E-state index < -0.39 is 0 Å². The maximum atomic E-state index is 11.8. The molecule has 0 saturated heterocycles. The molecule has 16 heavy (non-hydrogen) atoms. The molecule has 0 aromatic rings. The van der Waals surface area contributed by atoms with Gasteiger partial charge >= 0.3 is 12.0 Å². The molecule has 1 heterocycles. The smallest absolute Gasteiger partial charge is 0.337 e. The van der Waals surface area contributed by atoms with E-state index in [1.807, 2.05) is 13.8 Å². The molecule has 90 valence electrons. The lowest BCUT2D eigenvalue weighted by Crippen LogP contribution is -2.52. The minimum absolute atomic E-state index is 0.139. The number of amides is 2. The standard InChI is InChI=1S/C11H18N2O3/c1-5-16-10(14)8-7(4)12-11(15)13-9(8)6(2)3/h6,9H,5H2,1-4H3,(H2,12,13,15)/t9-/m0/s1. The van der Waals surface area contributed by atoms with E-state index in [0.717, 1.165) is 0 Å². The minimum atomic E-state index is -0.369. The molecular formula is C11H18N2O3. The molecule has 0 bridgehead atoms. The van der Waals surface area contributed by atoms with Crippen LogP contribution in [0, 0.1) is 5.92 Å². The van der Waals surface area contributed by atoms with Crippen molar-refractivity contribution in [3.8, 4) is 0 Å². The summed E-state index contributed by atoms with van der Waals surface area (Å²) in [4.78, 5) is 23.1. The summed E-state index contributed by atoms with van der Waals surface area (Å²) in [5, 5.41) is 5.31. The van der Waals surface area contributed by atoms with Crippen LogP contribution >= 0.6 is 0 Å². The number of esters is 1. The average molecular weight is 226 g/mol. The van der Waals surface area contributed by atoms with Crippen LogP contribution in [-0.2, 0) is 9.53 Å². The normalized spacial score (nSPS) is 20.6. The van der Waals surface area contributed by atoms with Crippen LogP contribution in [0.4, 0.5) is 4.79 Å². The summed E-state index contributed by atoms with van der Waals surface area (Å²) in [6.07, 6.45) is 0. The Bertz CT molecular complexity index is 334. The molecule has 0 aromatic carbocycles. The van der Waals surface area contributed by atoms with Crippen LogP contribution in [0.1, 0.15) is 27.7 Å². The third-order valence-corrected chi connectivity index (χ3v) is 2.46. The summed E-state index contributed by atoms with van der Waals surface area (Å²) in [6, 6.07) is -0.558. The quantitative estimate of drug-likeness (QED) is 0.710. The highest BCUT2D eigenvalue weighted by molar-refractivity contribution is 5.94. The molecule has 0 saturated carbocycles. The third kappa shape index (κ3) is 2.53. The van der Waals surface area contributed by atoms with Gasteiger partial charge in [0.05, 0.1) is 18.2 Å². The van der Waals surface area contributed by atoms with Gasteiger partial charge in [0, 0.05) is 5.70 Å². The molecule has 5 heteroatoms. The predicted octanol–water partition coefficient (Wildman–Crippen LogP) is 1.16. The van der Waals surface area contributed by atoms with Gasteiger partial charge in [0.15, 0.2) is 0 Å². The van der Waals surface area contributed by atoms with E-state index in [1.54, 1.807) is 13.8 Å². The Kier molecular flexibility index (Phi) is 3.93. The number of urea groups is 1. The van der Waals surface area contributed by atoms with Crippen LogP contribution in [0.3, 0.4) is 0 Å². The second-order valence-corrected chi connectivity index (χ2v) is 4.08. The number of nitrogens with one attached hydrogen (secondary N) is 2. The average Bonchev–Trinajstić information content (AvgIpc) is 2.16. The summed E-state index contributed by atoms with van der Waals surface area (Å²) in [5.41, 5.74) is 1.08. The van der Waals surface area contributed by atoms with Gasteiger partial charge in [-0.05, 0) is 19.8 Å². The van der Waals surface area contributed by atoms with Gasteiger partial charge in [0.25, 0.3) is 0 Å². The molecule has 0 aliphatic carbocycles. The lowest BCUT2D eigenvalue weighted by atomic mass is 9.93. The SMILES string of the molecule is CCOC(=O)C1=C(C)NC(=O)N[C@H]1C(C)C.